The molecule has 2 aromatic carbocycles. The molecule has 2 heterocycles. The predicted octanol–water partition coefficient (Wildman–Crippen LogP) is 5.16. The average Bonchev–Trinajstić information content (AvgIpc) is 2.61. The molecule has 0 aromatic heterocycles. The Bertz CT molecular complexity index is 788. The van der Waals surface area contributed by atoms with Crippen molar-refractivity contribution in [2.45, 2.75) is 51.2 Å². The fourth-order valence-electron chi connectivity index (χ4n) is 3.97. The molecule has 3 nitrogen and oxygen atoms in total. The maximum absolute atomic E-state index is 12.6. The summed E-state index contributed by atoms with van der Waals surface area (Å²) >= 11 is 0. The molecule has 2 atom stereocenters. The van der Waals surface area contributed by atoms with Crippen LogP contribution < -0.4 is 0 Å². The summed E-state index contributed by atoms with van der Waals surface area (Å²) in [6, 6.07) is 17.1. The number of hydrogen-bond donors (Lipinski definition) is 0. The third kappa shape index (κ3) is 2.92. The van der Waals surface area contributed by atoms with Crippen molar-refractivity contribution >= 4 is 6.09 Å². The topological polar surface area (TPSA) is 29.5 Å². The van der Waals surface area contributed by atoms with Gasteiger partial charge in [-0.05, 0) is 34.1 Å². The van der Waals surface area contributed by atoms with Gasteiger partial charge in [-0.2, -0.15) is 0 Å². The smallest absolute Gasteiger partial charge is 0.410 e. The minimum atomic E-state index is -0.185. The molecule has 0 unspecified atom stereocenters. The van der Waals surface area contributed by atoms with E-state index in [0.717, 1.165) is 24.9 Å². The molecule has 1 amide bonds. The lowest BCUT2D eigenvalue weighted by molar-refractivity contribution is -0.00647. The molecule has 0 N–H and O–H groups in total. The Hall–Kier alpha value is -2.29. The molecule has 0 aliphatic carbocycles. The van der Waals surface area contributed by atoms with Gasteiger partial charge in [-0.3, -0.25) is 0 Å². The number of fused-ring (bicyclic) bond motifs is 3. The molecule has 2 aliphatic rings. The fraction of sp³-hybridized carbons (Fsp3) is 0.409. The lowest BCUT2D eigenvalue weighted by Gasteiger charge is -2.42. The van der Waals surface area contributed by atoms with E-state index in [-0.39, 0.29) is 23.7 Å². The maximum Gasteiger partial charge on any atom is 0.410 e. The predicted molar refractivity (Wildman–Crippen MR) is 98.6 cm³/mol. The summed E-state index contributed by atoms with van der Waals surface area (Å²) in [6.07, 6.45) is 1.37. The van der Waals surface area contributed by atoms with E-state index in [9.17, 15) is 4.79 Å². The molecule has 1 saturated heterocycles. The molecule has 0 spiro atoms. The highest BCUT2D eigenvalue weighted by Crippen LogP contribution is 2.42. The number of carbonyl (C=O) groups excluding carboxylic acids is 1. The monoisotopic (exact) mass is 335 g/mol. The van der Waals surface area contributed by atoms with E-state index >= 15 is 0 Å². The maximum atomic E-state index is 12.6. The van der Waals surface area contributed by atoms with Crippen LogP contribution in [-0.2, 0) is 16.6 Å². The van der Waals surface area contributed by atoms with Crippen molar-refractivity contribution in [2.24, 2.45) is 0 Å². The quantitative estimate of drug-likeness (QED) is 0.720. The van der Waals surface area contributed by atoms with E-state index in [0.29, 0.717) is 0 Å². The van der Waals surface area contributed by atoms with Gasteiger partial charge in [0.15, 0.2) is 0 Å². The van der Waals surface area contributed by atoms with Gasteiger partial charge in [-0.15, -0.1) is 0 Å². The normalized spacial score (nSPS) is 22.8. The van der Waals surface area contributed by atoms with Crippen LogP contribution >= 0.6 is 0 Å². The lowest BCUT2D eigenvalue weighted by atomic mass is 9.84. The summed E-state index contributed by atoms with van der Waals surface area (Å²) in [4.78, 5) is 14.4. The average molecular weight is 335 g/mol. The van der Waals surface area contributed by atoms with E-state index in [1.807, 2.05) is 4.90 Å². The van der Waals surface area contributed by atoms with Gasteiger partial charge in [0.05, 0.1) is 6.04 Å². The van der Waals surface area contributed by atoms with Crippen LogP contribution in [0.15, 0.2) is 48.5 Å². The number of benzene rings is 2. The van der Waals surface area contributed by atoms with Crippen LogP contribution in [0.1, 0.15) is 61.6 Å². The van der Waals surface area contributed by atoms with Crippen LogP contribution in [0.4, 0.5) is 4.79 Å². The molecule has 4 rings (SSSR count). The molecule has 130 valence electrons. The van der Waals surface area contributed by atoms with Crippen molar-refractivity contribution in [3.63, 3.8) is 0 Å². The van der Waals surface area contributed by atoms with E-state index in [1.165, 1.54) is 16.7 Å². The summed E-state index contributed by atoms with van der Waals surface area (Å²) < 4.78 is 5.77. The summed E-state index contributed by atoms with van der Waals surface area (Å²) in [7, 11) is 0. The summed E-state index contributed by atoms with van der Waals surface area (Å²) in [5.41, 5.74) is 5.15. The Morgan fingerprint density at radius 2 is 1.76 bits per heavy atom. The second kappa shape index (κ2) is 5.91. The summed E-state index contributed by atoms with van der Waals surface area (Å²) in [5, 5.41) is 0. The standard InChI is InChI=1S/C22H25NO2/c1-22(2,3)17-10-8-16(9-11-17)20-14-19-18-7-5-4-6-15(18)12-13-23(19)21(24)25-20/h4-11,19-20H,12-14H2,1-3H3/t19-,20+/m1/s1. The van der Waals surface area contributed by atoms with Gasteiger partial charge in [0, 0.05) is 13.0 Å². The van der Waals surface area contributed by atoms with E-state index in [4.69, 9.17) is 4.74 Å². The minimum absolute atomic E-state index is 0.124. The number of nitrogens with zero attached hydrogens (tertiary/aromatic N) is 1. The summed E-state index contributed by atoms with van der Waals surface area (Å²) in [5.74, 6) is 0. The Kier molecular flexibility index (Phi) is 3.82. The van der Waals surface area contributed by atoms with Gasteiger partial charge in [0.25, 0.3) is 0 Å². The van der Waals surface area contributed by atoms with Gasteiger partial charge < -0.3 is 9.64 Å². The molecule has 25 heavy (non-hydrogen) atoms. The number of amides is 1. The third-order valence-electron chi connectivity index (χ3n) is 5.48. The highest BCUT2D eigenvalue weighted by Gasteiger charge is 2.39. The van der Waals surface area contributed by atoms with Crippen molar-refractivity contribution in [2.75, 3.05) is 6.54 Å². The van der Waals surface area contributed by atoms with Crippen molar-refractivity contribution in [1.29, 1.82) is 0 Å². The number of rotatable bonds is 1. The molecule has 0 saturated carbocycles. The highest BCUT2D eigenvalue weighted by molar-refractivity contribution is 5.70. The number of ether oxygens (including phenoxy) is 1. The molecule has 0 radical (unpaired) electrons. The van der Waals surface area contributed by atoms with E-state index in [2.05, 4.69) is 69.3 Å². The SMILES string of the molecule is CC(C)(C)c1ccc([C@@H]2C[C@@H]3c4ccccc4CCN3C(=O)O2)cc1. The zero-order valence-electron chi connectivity index (χ0n) is 15.2. The Morgan fingerprint density at radius 3 is 2.48 bits per heavy atom. The largest absolute Gasteiger partial charge is 0.441 e. The Morgan fingerprint density at radius 1 is 1.04 bits per heavy atom. The molecule has 3 heteroatoms. The van der Waals surface area contributed by atoms with Crippen molar-refractivity contribution < 1.29 is 9.53 Å². The van der Waals surface area contributed by atoms with Crippen LogP contribution in [0.3, 0.4) is 0 Å². The number of cyclic esters (lactones) is 1. The van der Waals surface area contributed by atoms with Gasteiger partial charge in [0.1, 0.15) is 6.10 Å². The first-order valence-electron chi connectivity index (χ1n) is 9.09. The van der Waals surface area contributed by atoms with Gasteiger partial charge in [-0.25, -0.2) is 4.79 Å². The van der Waals surface area contributed by atoms with Crippen LogP contribution in [0.2, 0.25) is 0 Å². The molecule has 1 fully saturated rings. The zero-order chi connectivity index (χ0) is 17.6. The van der Waals surface area contributed by atoms with Crippen LogP contribution in [0.5, 0.6) is 0 Å². The molecule has 0 bridgehead atoms. The summed E-state index contributed by atoms with van der Waals surface area (Å²) in [6.45, 7) is 7.37. The second-order valence-electron chi connectivity index (χ2n) is 8.14. The molecular weight excluding hydrogens is 310 g/mol. The van der Waals surface area contributed by atoms with E-state index in [1.54, 1.807) is 0 Å². The molecular formula is C22H25NO2. The molecule has 2 aliphatic heterocycles. The van der Waals surface area contributed by atoms with Gasteiger partial charge in [-0.1, -0.05) is 69.3 Å². The first-order valence-corrected chi connectivity index (χ1v) is 9.09. The fourth-order valence-corrected chi connectivity index (χ4v) is 3.97. The van der Waals surface area contributed by atoms with Crippen molar-refractivity contribution in [3.05, 3.63) is 70.8 Å². The van der Waals surface area contributed by atoms with Crippen LogP contribution in [-0.4, -0.2) is 17.5 Å². The van der Waals surface area contributed by atoms with Crippen molar-refractivity contribution in [1.82, 2.24) is 4.90 Å². The van der Waals surface area contributed by atoms with Gasteiger partial charge >= 0.3 is 6.09 Å². The highest BCUT2D eigenvalue weighted by atomic mass is 16.6. The zero-order valence-corrected chi connectivity index (χ0v) is 15.2. The number of hydrogen-bond acceptors (Lipinski definition) is 2. The molecule has 2 aromatic rings. The first-order chi connectivity index (χ1) is 11.9. The third-order valence-corrected chi connectivity index (χ3v) is 5.48. The van der Waals surface area contributed by atoms with E-state index < -0.39 is 0 Å². The lowest BCUT2D eigenvalue weighted by Crippen LogP contribution is -2.45. The van der Waals surface area contributed by atoms with Crippen molar-refractivity contribution in [3.8, 4) is 0 Å². The van der Waals surface area contributed by atoms with Crippen LogP contribution in [0, 0.1) is 0 Å². The second-order valence-corrected chi connectivity index (χ2v) is 8.14. The van der Waals surface area contributed by atoms with Gasteiger partial charge in [0.2, 0.25) is 0 Å². The first kappa shape index (κ1) is 16.2. The Balaban J connectivity index is 1.63. The number of carbonyl (C=O) groups is 1. The van der Waals surface area contributed by atoms with Crippen LogP contribution in [0.25, 0.3) is 0 Å². The Labute approximate surface area is 149 Å². The minimum Gasteiger partial charge on any atom is -0.441 e.